The van der Waals surface area contributed by atoms with E-state index in [2.05, 4.69) is 35.5 Å². The normalized spacial score (nSPS) is 24.9. The lowest BCUT2D eigenvalue weighted by molar-refractivity contribution is -0.0373. The molecule has 0 aliphatic carbocycles. The summed E-state index contributed by atoms with van der Waals surface area (Å²) in [4.78, 5) is 20.4. The Balaban J connectivity index is 1.37. The maximum Gasteiger partial charge on any atom is 0.146 e. The summed E-state index contributed by atoms with van der Waals surface area (Å²) in [7, 11) is 0. The second-order valence-corrected chi connectivity index (χ2v) is 10.5. The van der Waals surface area contributed by atoms with E-state index in [1.807, 2.05) is 11.3 Å². The highest BCUT2D eigenvalue weighted by Gasteiger charge is 2.30. The molecule has 0 bridgehead atoms. The fourth-order valence-corrected chi connectivity index (χ4v) is 6.37. The minimum absolute atomic E-state index is 0.364. The molecule has 0 N–H and O–H groups in total. The smallest absolute Gasteiger partial charge is 0.146 e. The molecule has 0 amide bonds. The average Bonchev–Trinajstić information content (AvgIpc) is 3.35. The molecule has 7 heteroatoms. The highest BCUT2D eigenvalue weighted by Crippen LogP contribution is 2.36. The Morgan fingerprint density at radius 2 is 1.80 bits per heavy atom. The van der Waals surface area contributed by atoms with Crippen LogP contribution in [0.1, 0.15) is 48.9 Å². The van der Waals surface area contributed by atoms with Crippen molar-refractivity contribution in [2.24, 2.45) is 0 Å². The number of piperidine rings is 1. The molecule has 2 aromatic rings. The molecule has 30 heavy (non-hydrogen) atoms. The Hall–Kier alpha value is -1.28. The second kappa shape index (κ2) is 8.69. The Morgan fingerprint density at radius 1 is 1.03 bits per heavy atom. The molecule has 1 atom stereocenters. The third-order valence-corrected chi connectivity index (χ3v) is 8.27. The number of hydrogen-bond acceptors (Lipinski definition) is 7. The van der Waals surface area contributed by atoms with Crippen LogP contribution in [-0.2, 0) is 11.3 Å². The summed E-state index contributed by atoms with van der Waals surface area (Å²) in [5, 5.41) is 1.29. The predicted octanol–water partition coefficient (Wildman–Crippen LogP) is 3.59. The van der Waals surface area contributed by atoms with Crippen molar-refractivity contribution in [1.29, 1.82) is 0 Å². The van der Waals surface area contributed by atoms with Gasteiger partial charge in [0.2, 0.25) is 0 Å². The zero-order valence-corrected chi connectivity index (χ0v) is 19.5. The largest absolute Gasteiger partial charge is 0.376 e. The van der Waals surface area contributed by atoms with Gasteiger partial charge in [-0.1, -0.05) is 0 Å². The van der Waals surface area contributed by atoms with Crippen molar-refractivity contribution >= 4 is 27.4 Å². The lowest BCUT2D eigenvalue weighted by Gasteiger charge is -2.42. The van der Waals surface area contributed by atoms with Crippen LogP contribution in [-0.4, -0.2) is 77.8 Å². The van der Waals surface area contributed by atoms with Gasteiger partial charge in [0.05, 0.1) is 24.6 Å². The van der Waals surface area contributed by atoms with E-state index in [0.29, 0.717) is 12.1 Å². The molecule has 0 radical (unpaired) electrons. The number of hydrogen-bond donors (Lipinski definition) is 0. The van der Waals surface area contributed by atoms with Gasteiger partial charge in [0.1, 0.15) is 16.5 Å². The lowest BCUT2D eigenvalue weighted by Crippen LogP contribution is -2.51. The molecule has 5 rings (SSSR count). The molecule has 3 aliphatic heterocycles. The third-order valence-electron chi connectivity index (χ3n) is 7.17. The van der Waals surface area contributed by atoms with Gasteiger partial charge in [-0.3, -0.25) is 9.80 Å². The van der Waals surface area contributed by atoms with Crippen LogP contribution in [0.3, 0.4) is 0 Å². The molecule has 0 spiro atoms. The van der Waals surface area contributed by atoms with E-state index in [9.17, 15) is 0 Å². The molecule has 6 nitrogen and oxygen atoms in total. The van der Waals surface area contributed by atoms with Crippen LogP contribution in [0.2, 0.25) is 0 Å². The van der Waals surface area contributed by atoms with E-state index < -0.39 is 0 Å². The van der Waals surface area contributed by atoms with Gasteiger partial charge in [-0.15, -0.1) is 11.3 Å². The van der Waals surface area contributed by atoms with Gasteiger partial charge in [-0.05, 0) is 65.1 Å². The first-order valence-corrected chi connectivity index (χ1v) is 12.5. The van der Waals surface area contributed by atoms with Crippen LogP contribution in [0, 0.1) is 13.8 Å². The van der Waals surface area contributed by atoms with E-state index >= 15 is 0 Å². The summed E-state index contributed by atoms with van der Waals surface area (Å²) in [5.41, 5.74) is 1.36. The van der Waals surface area contributed by atoms with Crippen molar-refractivity contribution < 1.29 is 4.74 Å². The van der Waals surface area contributed by atoms with E-state index in [1.54, 1.807) is 0 Å². The monoisotopic (exact) mass is 429 g/mol. The Labute approximate surface area is 184 Å². The summed E-state index contributed by atoms with van der Waals surface area (Å²) in [5.74, 6) is 2.19. The van der Waals surface area contributed by atoms with Crippen LogP contribution < -0.4 is 4.90 Å². The van der Waals surface area contributed by atoms with E-state index in [1.165, 1.54) is 65.2 Å². The average molecular weight is 430 g/mol. The van der Waals surface area contributed by atoms with Crippen molar-refractivity contribution in [3.8, 4) is 0 Å². The van der Waals surface area contributed by atoms with Crippen LogP contribution in [0.25, 0.3) is 10.2 Å². The minimum Gasteiger partial charge on any atom is -0.376 e. The van der Waals surface area contributed by atoms with Gasteiger partial charge in [-0.2, -0.15) is 0 Å². The number of aryl methyl sites for hydroxylation is 2. The summed E-state index contributed by atoms with van der Waals surface area (Å²) >= 11 is 1.83. The fourth-order valence-electron chi connectivity index (χ4n) is 5.33. The first-order chi connectivity index (χ1) is 14.6. The first kappa shape index (κ1) is 20.6. The maximum atomic E-state index is 5.75. The Morgan fingerprint density at radius 3 is 2.53 bits per heavy atom. The summed E-state index contributed by atoms with van der Waals surface area (Å²) in [6.07, 6.45) is 5.40. The minimum atomic E-state index is 0.364. The van der Waals surface area contributed by atoms with Crippen LogP contribution in [0.4, 0.5) is 5.82 Å². The maximum absolute atomic E-state index is 5.75. The first-order valence-electron chi connectivity index (χ1n) is 11.7. The number of morpholine rings is 1. The SMILES string of the molecule is Cc1sc2nc(CN3CCCC3)nc(N3CCC(N4CCOC(C)C4)CC3)c2c1C. The molecular formula is C23H35N5OS. The van der Waals surface area contributed by atoms with Gasteiger partial charge >= 0.3 is 0 Å². The van der Waals surface area contributed by atoms with Crippen molar-refractivity contribution in [1.82, 2.24) is 19.8 Å². The molecule has 1 unspecified atom stereocenters. The van der Waals surface area contributed by atoms with Crippen molar-refractivity contribution in [2.45, 2.75) is 65.1 Å². The molecule has 3 saturated heterocycles. The molecule has 0 aromatic carbocycles. The highest BCUT2D eigenvalue weighted by molar-refractivity contribution is 7.18. The molecule has 0 saturated carbocycles. The highest BCUT2D eigenvalue weighted by atomic mass is 32.1. The number of anilines is 1. The molecule has 164 valence electrons. The van der Waals surface area contributed by atoms with E-state index in [-0.39, 0.29) is 0 Å². The van der Waals surface area contributed by atoms with Gasteiger partial charge in [0, 0.05) is 37.1 Å². The van der Waals surface area contributed by atoms with Crippen molar-refractivity contribution in [2.75, 3.05) is 50.8 Å². The van der Waals surface area contributed by atoms with E-state index in [0.717, 1.165) is 45.2 Å². The standard InChI is InChI=1S/C23H35N5OS/c1-16-14-28(12-13-29-16)19-6-10-27(11-7-19)22-21-17(2)18(3)30-23(21)25-20(24-22)15-26-8-4-5-9-26/h16,19H,4-15H2,1-3H3. The molecular weight excluding hydrogens is 394 g/mol. The topological polar surface area (TPSA) is 44.7 Å². The number of ether oxygens (including phenoxy) is 1. The molecule has 2 aromatic heterocycles. The zero-order chi connectivity index (χ0) is 20.7. The number of likely N-dealkylation sites (tertiary alicyclic amines) is 1. The van der Waals surface area contributed by atoms with Crippen LogP contribution in [0.15, 0.2) is 0 Å². The van der Waals surface area contributed by atoms with Gasteiger partial charge < -0.3 is 9.64 Å². The number of nitrogens with zero attached hydrogens (tertiary/aromatic N) is 5. The lowest BCUT2D eigenvalue weighted by atomic mass is 10.0. The quantitative estimate of drug-likeness (QED) is 0.740. The number of fused-ring (bicyclic) bond motifs is 1. The van der Waals surface area contributed by atoms with Crippen molar-refractivity contribution in [3.05, 3.63) is 16.3 Å². The molecule has 5 heterocycles. The number of rotatable bonds is 4. The van der Waals surface area contributed by atoms with Gasteiger partial charge in [-0.25, -0.2) is 9.97 Å². The summed E-state index contributed by atoms with van der Waals surface area (Å²) in [6, 6.07) is 0.680. The Bertz CT molecular complexity index is 885. The zero-order valence-electron chi connectivity index (χ0n) is 18.7. The van der Waals surface area contributed by atoms with Crippen LogP contribution >= 0.6 is 11.3 Å². The van der Waals surface area contributed by atoms with E-state index in [4.69, 9.17) is 14.7 Å². The number of thiophene rings is 1. The van der Waals surface area contributed by atoms with Gasteiger partial charge in [0.15, 0.2) is 0 Å². The van der Waals surface area contributed by atoms with Crippen molar-refractivity contribution in [3.63, 3.8) is 0 Å². The molecule has 3 fully saturated rings. The number of aromatic nitrogens is 2. The second-order valence-electron chi connectivity index (χ2n) is 9.30. The Kier molecular flexibility index (Phi) is 5.97. The van der Waals surface area contributed by atoms with Gasteiger partial charge in [0.25, 0.3) is 0 Å². The third kappa shape index (κ3) is 4.09. The predicted molar refractivity (Wildman–Crippen MR) is 124 cm³/mol. The summed E-state index contributed by atoms with van der Waals surface area (Å²) < 4.78 is 5.75. The summed E-state index contributed by atoms with van der Waals surface area (Å²) in [6.45, 7) is 15.1. The molecule has 3 aliphatic rings. The van der Waals surface area contributed by atoms with Crippen LogP contribution in [0.5, 0.6) is 0 Å². The fraction of sp³-hybridized carbons (Fsp3) is 0.739.